The predicted octanol–water partition coefficient (Wildman–Crippen LogP) is 3.93. The molecule has 1 N–H and O–H groups in total. The van der Waals surface area contributed by atoms with Crippen molar-refractivity contribution in [3.05, 3.63) is 34.9 Å². The molecule has 26 heavy (non-hydrogen) atoms. The van der Waals surface area contributed by atoms with Gasteiger partial charge in [0.15, 0.2) is 6.61 Å². The smallest absolute Gasteiger partial charge is 0.422 e. The van der Waals surface area contributed by atoms with Gasteiger partial charge in [-0.3, -0.25) is 4.79 Å². The highest BCUT2D eigenvalue weighted by molar-refractivity contribution is 6.30. The van der Waals surface area contributed by atoms with Crippen LogP contribution in [-0.2, 0) is 9.53 Å². The second-order valence-corrected chi connectivity index (χ2v) is 6.65. The molecular formula is C17H20ClF3N2O3. The highest BCUT2D eigenvalue weighted by Crippen LogP contribution is 2.22. The number of hydrogen-bond donors (Lipinski definition) is 1. The monoisotopic (exact) mass is 392 g/mol. The number of piperidine rings is 1. The highest BCUT2D eigenvalue weighted by Gasteiger charge is 2.33. The van der Waals surface area contributed by atoms with Crippen molar-refractivity contribution in [3.8, 4) is 0 Å². The number of alkyl halides is 3. The maximum Gasteiger partial charge on any atom is 0.422 e. The van der Waals surface area contributed by atoms with E-state index in [0.29, 0.717) is 17.9 Å². The zero-order valence-electron chi connectivity index (χ0n) is 14.2. The molecule has 144 valence electrons. The zero-order chi connectivity index (χ0) is 19.3. The topological polar surface area (TPSA) is 58.6 Å². The molecule has 1 aliphatic rings. The molecule has 1 atom stereocenters. The summed E-state index contributed by atoms with van der Waals surface area (Å²) in [6, 6.07) is 6.94. The van der Waals surface area contributed by atoms with Crippen LogP contribution in [0.2, 0.25) is 5.02 Å². The SMILES string of the molecule is CC(NC(=O)C1CCN(C(=O)OCC(F)(F)F)CC1)c1cccc(Cl)c1. The molecule has 0 aliphatic carbocycles. The molecule has 0 aromatic heterocycles. The summed E-state index contributed by atoms with van der Waals surface area (Å²) in [5.74, 6) is -0.455. The lowest BCUT2D eigenvalue weighted by Crippen LogP contribution is -2.44. The molecule has 1 heterocycles. The van der Waals surface area contributed by atoms with E-state index in [9.17, 15) is 22.8 Å². The Morgan fingerprint density at radius 2 is 2.00 bits per heavy atom. The van der Waals surface area contributed by atoms with Crippen molar-refractivity contribution >= 4 is 23.6 Å². The van der Waals surface area contributed by atoms with Crippen LogP contribution >= 0.6 is 11.6 Å². The number of ether oxygens (including phenoxy) is 1. The first-order valence-corrected chi connectivity index (χ1v) is 8.58. The van der Waals surface area contributed by atoms with E-state index in [1.165, 1.54) is 4.90 Å². The molecule has 1 aromatic carbocycles. The Balaban J connectivity index is 1.80. The molecule has 0 spiro atoms. The summed E-state index contributed by atoms with van der Waals surface area (Å²) >= 11 is 5.94. The molecule has 1 aromatic rings. The number of hydrogen-bond acceptors (Lipinski definition) is 3. The van der Waals surface area contributed by atoms with Gasteiger partial charge in [-0.15, -0.1) is 0 Å². The van der Waals surface area contributed by atoms with E-state index in [1.54, 1.807) is 18.2 Å². The summed E-state index contributed by atoms with van der Waals surface area (Å²) < 4.78 is 40.5. The Hall–Kier alpha value is -1.96. The second-order valence-electron chi connectivity index (χ2n) is 6.22. The van der Waals surface area contributed by atoms with Gasteiger partial charge in [0.1, 0.15) is 0 Å². The van der Waals surface area contributed by atoms with Gasteiger partial charge in [-0.1, -0.05) is 23.7 Å². The lowest BCUT2D eigenvalue weighted by Gasteiger charge is -2.31. The van der Waals surface area contributed by atoms with Gasteiger partial charge in [0, 0.05) is 24.0 Å². The molecule has 0 radical (unpaired) electrons. The van der Waals surface area contributed by atoms with Gasteiger partial charge in [0.25, 0.3) is 0 Å². The number of carbonyl (C=O) groups is 2. The van der Waals surface area contributed by atoms with Gasteiger partial charge < -0.3 is 15.0 Å². The fourth-order valence-corrected chi connectivity index (χ4v) is 2.95. The van der Waals surface area contributed by atoms with Crippen molar-refractivity contribution in [1.29, 1.82) is 0 Å². The third-order valence-corrected chi connectivity index (χ3v) is 4.43. The van der Waals surface area contributed by atoms with Crippen LogP contribution in [0.1, 0.15) is 31.4 Å². The zero-order valence-corrected chi connectivity index (χ0v) is 14.9. The second kappa shape index (κ2) is 8.62. The molecule has 5 nitrogen and oxygen atoms in total. The Morgan fingerprint density at radius 1 is 1.35 bits per heavy atom. The van der Waals surface area contributed by atoms with E-state index in [4.69, 9.17) is 11.6 Å². The van der Waals surface area contributed by atoms with Crippen molar-refractivity contribution in [2.75, 3.05) is 19.7 Å². The van der Waals surface area contributed by atoms with Crippen molar-refractivity contribution in [2.24, 2.45) is 5.92 Å². The molecular weight excluding hydrogens is 373 g/mol. The van der Waals surface area contributed by atoms with E-state index >= 15 is 0 Å². The van der Waals surface area contributed by atoms with Gasteiger partial charge in [-0.05, 0) is 37.5 Å². The summed E-state index contributed by atoms with van der Waals surface area (Å²) in [6.45, 7) is 0.594. The number of amides is 2. The molecule has 1 unspecified atom stereocenters. The molecule has 0 bridgehead atoms. The third kappa shape index (κ3) is 6.09. The Bertz CT molecular complexity index is 646. The Labute approximate surface area is 154 Å². The quantitative estimate of drug-likeness (QED) is 0.844. The van der Waals surface area contributed by atoms with Crippen LogP contribution in [0.5, 0.6) is 0 Å². The Kier molecular flexibility index (Phi) is 6.75. The van der Waals surface area contributed by atoms with Gasteiger partial charge in [0.2, 0.25) is 5.91 Å². The van der Waals surface area contributed by atoms with Crippen LogP contribution in [0.25, 0.3) is 0 Å². The summed E-state index contributed by atoms with van der Waals surface area (Å²) in [6.07, 6.45) is -4.82. The summed E-state index contributed by atoms with van der Waals surface area (Å²) in [5, 5.41) is 3.48. The highest BCUT2D eigenvalue weighted by atomic mass is 35.5. The van der Waals surface area contributed by atoms with E-state index in [0.717, 1.165) is 5.56 Å². The number of benzene rings is 1. The van der Waals surface area contributed by atoms with E-state index in [-0.39, 0.29) is 31.0 Å². The average Bonchev–Trinajstić information content (AvgIpc) is 2.59. The van der Waals surface area contributed by atoms with Gasteiger partial charge >= 0.3 is 12.3 Å². The number of carbonyl (C=O) groups excluding carboxylic acids is 2. The van der Waals surface area contributed by atoms with Crippen LogP contribution in [0.3, 0.4) is 0 Å². The van der Waals surface area contributed by atoms with Crippen molar-refractivity contribution in [3.63, 3.8) is 0 Å². The summed E-state index contributed by atoms with van der Waals surface area (Å²) in [4.78, 5) is 25.2. The van der Waals surface area contributed by atoms with Crippen molar-refractivity contribution in [1.82, 2.24) is 10.2 Å². The molecule has 9 heteroatoms. The summed E-state index contributed by atoms with van der Waals surface area (Å²) in [7, 11) is 0. The fourth-order valence-electron chi connectivity index (χ4n) is 2.75. The minimum absolute atomic E-state index is 0.152. The average molecular weight is 393 g/mol. The van der Waals surface area contributed by atoms with E-state index in [2.05, 4.69) is 10.1 Å². The van der Waals surface area contributed by atoms with Crippen LogP contribution in [0, 0.1) is 5.92 Å². The first-order valence-electron chi connectivity index (χ1n) is 8.20. The number of halogens is 4. The van der Waals surface area contributed by atoms with Gasteiger partial charge in [0.05, 0.1) is 6.04 Å². The van der Waals surface area contributed by atoms with Crippen LogP contribution in [-0.4, -0.2) is 42.8 Å². The van der Waals surface area contributed by atoms with Crippen LogP contribution in [0.15, 0.2) is 24.3 Å². The molecule has 2 amide bonds. The minimum atomic E-state index is -4.55. The normalized spacial score (nSPS) is 16.9. The predicted molar refractivity (Wildman–Crippen MR) is 89.7 cm³/mol. The number of nitrogens with one attached hydrogen (secondary N) is 1. The van der Waals surface area contributed by atoms with Crippen molar-refractivity contribution in [2.45, 2.75) is 32.0 Å². The Morgan fingerprint density at radius 3 is 2.58 bits per heavy atom. The number of likely N-dealkylation sites (tertiary alicyclic amines) is 1. The van der Waals surface area contributed by atoms with Crippen LogP contribution in [0.4, 0.5) is 18.0 Å². The lowest BCUT2D eigenvalue weighted by atomic mass is 9.95. The summed E-state index contributed by atoms with van der Waals surface area (Å²) in [5.41, 5.74) is 0.874. The largest absolute Gasteiger partial charge is 0.440 e. The molecule has 1 fully saturated rings. The van der Waals surface area contributed by atoms with Gasteiger partial charge in [-0.2, -0.15) is 13.2 Å². The van der Waals surface area contributed by atoms with E-state index in [1.807, 2.05) is 13.0 Å². The lowest BCUT2D eigenvalue weighted by molar-refractivity contribution is -0.162. The fraction of sp³-hybridized carbons (Fsp3) is 0.529. The first kappa shape index (κ1) is 20.4. The third-order valence-electron chi connectivity index (χ3n) is 4.19. The maximum absolute atomic E-state index is 12.4. The van der Waals surface area contributed by atoms with E-state index < -0.39 is 18.9 Å². The first-order chi connectivity index (χ1) is 12.2. The molecule has 1 saturated heterocycles. The van der Waals surface area contributed by atoms with Crippen molar-refractivity contribution < 1.29 is 27.5 Å². The minimum Gasteiger partial charge on any atom is -0.440 e. The van der Waals surface area contributed by atoms with Crippen LogP contribution < -0.4 is 5.32 Å². The molecule has 2 rings (SSSR count). The molecule has 0 saturated carbocycles. The standard InChI is InChI=1S/C17H20ClF3N2O3/c1-11(13-3-2-4-14(18)9-13)22-15(24)12-5-7-23(8-6-12)16(25)26-10-17(19,20)21/h2-4,9,11-12H,5-8,10H2,1H3,(H,22,24). The number of nitrogens with zero attached hydrogens (tertiary/aromatic N) is 1. The maximum atomic E-state index is 12.4. The van der Waals surface area contributed by atoms with Gasteiger partial charge in [-0.25, -0.2) is 4.79 Å². The number of rotatable bonds is 4. The molecule has 1 aliphatic heterocycles.